The lowest BCUT2D eigenvalue weighted by Crippen LogP contribution is -2.14. The third kappa shape index (κ3) is 35.7. The molecule has 0 saturated heterocycles. The molecule has 0 aromatic rings. The van der Waals surface area contributed by atoms with E-state index < -0.39 is 0 Å². The third-order valence-corrected chi connectivity index (χ3v) is 6.27. The summed E-state index contributed by atoms with van der Waals surface area (Å²) in [5.41, 5.74) is 0. The summed E-state index contributed by atoms with van der Waals surface area (Å²) in [6.07, 6.45) is 19.9. The van der Waals surface area contributed by atoms with Gasteiger partial charge in [0.15, 0.2) is 0 Å². The van der Waals surface area contributed by atoms with Crippen molar-refractivity contribution in [2.75, 3.05) is 92.5 Å². The molecule has 0 amide bonds. The van der Waals surface area contributed by atoms with E-state index in [2.05, 4.69) is 13.8 Å². The Morgan fingerprint density at radius 2 is 0.395 bits per heavy atom. The highest BCUT2D eigenvalue weighted by Crippen LogP contribution is 2.11. The van der Waals surface area contributed by atoms with Gasteiger partial charge in [0.25, 0.3) is 0 Å². The largest absolute Gasteiger partial charge is 0.379 e. The first-order valence-electron chi connectivity index (χ1n) is 16.0. The van der Waals surface area contributed by atoms with E-state index in [1.807, 2.05) is 0 Å². The Balaban J connectivity index is 3.01. The predicted molar refractivity (Wildman–Crippen MR) is 156 cm³/mol. The molecule has 0 aliphatic rings. The Kier molecular flexibility index (Phi) is 36.4. The summed E-state index contributed by atoms with van der Waals surface area (Å²) in [5.74, 6) is 0. The Morgan fingerprint density at radius 1 is 0.211 bits per heavy atom. The lowest BCUT2D eigenvalue weighted by atomic mass is 10.1. The maximum atomic E-state index is 5.65. The molecule has 7 nitrogen and oxygen atoms in total. The van der Waals surface area contributed by atoms with Crippen molar-refractivity contribution >= 4 is 0 Å². The molecule has 0 saturated carbocycles. The maximum absolute atomic E-state index is 5.65. The van der Waals surface area contributed by atoms with Gasteiger partial charge in [-0.05, 0) is 12.8 Å². The molecule has 0 heterocycles. The normalized spacial score (nSPS) is 11.5. The molecule has 7 heteroatoms. The zero-order chi connectivity index (χ0) is 27.5. The fourth-order valence-electron chi connectivity index (χ4n) is 3.92. The molecule has 0 aliphatic heterocycles. The third-order valence-electron chi connectivity index (χ3n) is 6.27. The molecule has 0 bridgehead atoms. The van der Waals surface area contributed by atoms with Crippen LogP contribution < -0.4 is 0 Å². The first kappa shape index (κ1) is 37.7. The fraction of sp³-hybridized carbons (Fsp3) is 1.00. The lowest BCUT2D eigenvalue weighted by Gasteiger charge is -2.08. The highest BCUT2D eigenvalue weighted by atomic mass is 16.6. The van der Waals surface area contributed by atoms with E-state index in [0.29, 0.717) is 79.3 Å². The van der Waals surface area contributed by atoms with Gasteiger partial charge >= 0.3 is 0 Å². The second-order valence-electron chi connectivity index (χ2n) is 9.88. The molecule has 0 spiro atoms. The van der Waals surface area contributed by atoms with Gasteiger partial charge in [-0.15, -0.1) is 0 Å². The molecule has 0 fully saturated rings. The minimum absolute atomic E-state index is 0.567. The van der Waals surface area contributed by atoms with Crippen molar-refractivity contribution in [2.24, 2.45) is 0 Å². The average Bonchev–Trinajstić information content (AvgIpc) is 2.93. The van der Waals surface area contributed by atoms with E-state index in [9.17, 15) is 0 Å². The van der Waals surface area contributed by atoms with Crippen molar-refractivity contribution in [3.05, 3.63) is 0 Å². The predicted octanol–water partition coefficient (Wildman–Crippen LogP) is 6.99. The van der Waals surface area contributed by atoms with Crippen molar-refractivity contribution in [1.82, 2.24) is 0 Å². The van der Waals surface area contributed by atoms with Crippen molar-refractivity contribution in [3.8, 4) is 0 Å². The summed E-state index contributed by atoms with van der Waals surface area (Å²) < 4.78 is 38.7. The number of unbranched alkanes of at least 4 members (excludes halogenated alkanes) is 13. The molecular weight excluding hydrogens is 484 g/mol. The Labute approximate surface area is 235 Å². The SMILES string of the molecule is CCCCCCCCCCCCCOCCOCCOCCOCCOCCOCCOCCCCCC. The van der Waals surface area contributed by atoms with Crippen molar-refractivity contribution in [1.29, 1.82) is 0 Å². The van der Waals surface area contributed by atoms with Crippen LogP contribution in [0.5, 0.6) is 0 Å². The van der Waals surface area contributed by atoms with Crippen LogP contribution in [0.25, 0.3) is 0 Å². The number of ether oxygens (including phenoxy) is 7. The average molecular weight is 549 g/mol. The molecule has 38 heavy (non-hydrogen) atoms. The van der Waals surface area contributed by atoms with Crippen molar-refractivity contribution in [3.63, 3.8) is 0 Å². The van der Waals surface area contributed by atoms with Crippen LogP contribution in [0.15, 0.2) is 0 Å². The minimum Gasteiger partial charge on any atom is -0.379 e. The molecule has 0 N–H and O–H groups in total. The van der Waals surface area contributed by atoms with E-state index in [1.165, 1.54) is 83.5 Å². The van der Waals surface area contributed by atoms with Gasteiger partial charge < -0.3 is 33.2 Å². The van der Waals surface area contributed by atoms with Crippen LogP contribution in [0.4, 0.5) is 0 Å². The smallest absolute Gasteiger partial charge is 0.0701 e. The molecule has 0 rings (SSSR count). The first-order valence-corrected chi connectivity index (χ1v) is 16.0. The first-order chi connectivity index (χ1) is 18.9. The van der Waals surface area contributed by atoms with Crippen LogP contribution >= 0.6 is 0 Å². The van der Waals surface area contributed by atoms with E-state index in [4.69, 9.17) is 33.2 Å². The standard InChI is InChI=1S/C31H64O7/c1-3-5-7-9-10-11-12-13-14-15-17-19-33-21-23-35-25-27-37-29-31-38-30-28-36-26-24-34-22-20-32-18-16-8-6-4-2/h3-31H2,1-2H3. The molecule has 0 aromatic heterocycles. The topological polar surface area (TPSA) is 64.6 Å². The summed E-state index contributed by atoms with van der Waals surface area (Å²) >= 11 is 0. The monoisotopic (exact) mass is 548 g/mol. The van der Waals surface area contributed by atoms with Crippen molar-refractivity contribution in [2.45, 2.75) is 110 Å². The van der Waals surface area contributed by atoms with E-state index in [1.54, 1.807) is 0 Å². The van der Waals surface area contributed by atoms with E-state index in [0.717, 1.165) is 26.1 Å². The van der Waals surface area contributed by atoms with Crippen LogP contribution in [-0.2, 0) is 33.2 Å². The molecule has 0 aliphatic carbocycles. The zero-order valence-corrected chi connectivity index (χ0v) is 25.4. The second-order valence-corrected chi connectivity index (χ2v) is 9.88. The van der Waals surface area contributed by atoms with Crippen LogP contribution in [0.3, 0.4) is 0 Å². The van der Waals surface area contributed by atoms with Gasteiger partial charge in [0, 0.05) is 13.2 Å². The molecule has 230 valence electrons. The summed E-state index contributed by atoms with van der Waals surface area (Å²) in [6, 6.07) is 0. The summed E-state index contributed by atoms with van der Waals surface area (Å²) in [5, 5.41) is 0. The summed E-state index contributed by atoms with van der Waals surface area (Å²) in [4.78, 5) is 0. The maximum Gasteiger partial charge on any atom is 0.0701 e. The quantitative estimate of drug-likeness (QED) is 0.0791. The molecule has 0 atom stereocenters. The van der Waals surface area contributed by atoms with Crippen molar-refractivity contribution < 1.29 is 33.2 Å². The Hall–Kier alpha value is -0.280. The van der Waals surface area contributed by atoms with Gasteiger partial charge in [0.05, 0.1) is 79.3 Å². The van der Waals surface area contributed by atoms with Gasteiger partial charge in [-0.3, -0.25) is 0 Å². The Morgan fingerprint density at radius 3 is 0.658 bits per heavy atom. The highest BCUT2D eigenvalue weighted by Gasteiger charge is 1.96. The minimum atomic E-state index is 0.567. The highest BCUT2D eigenvalue weighted by molar-refractivity contribution is 4.48. The van der Waals surface area contributed by atoms with Gasteiger partial charge in [-0.25, -0.2) is 0 Å². The zero-order valence-electron chi connectivity index (χ0n) is 25.4. The van der Waals surface area contributed by atoms with Crippen LogP contribution in [0.2, 0.25) is 0 Å². The summed E-state index contributed by atoms with van der Waals surface area (Å²) in [7, 11) is 0. The van der Waals surface area contributed by atoms with Gasteiger partial charge in [-0.1, -0.05) is 97.3 Å². The van der Waals surface area contributed by atoms with Gasteiger partial charge in [0.1, 0.15) is 0 Å². The lowest BCUT2D eigenvalue weighted by molar-refractivity contribution is -0.0206. The number of rotatable bonds is 35. The van der Waals surface area contributed by atoms with Crippen LogP contribution in [0, 0.1) is 0 Å². The van der Waals surface area contributed by atoms with Crippen LogP contribution in [0.1, 0.15) is 110 Å². The van der Waals surface area contributed by atoms with E-state index in [-0.39, 0.29) is 0 Å². The van der Waals surface area contributed by atoms with Gasteiger partial charge in [0.2, 0.25) is 0 Å². The fourth-order valence-corrected chi connectivity index (χ4v) is 3.92. The number of hydrogen-bond acceptors (Lipinski definition) is 7. The van der Waals surface area contributed by atoms with Crippen LogP contribution in [-0.4, -0.2) is 92.5 Å². The number of hydrogen-bond donors (Lipinski definition) is 0. The summed E-state index contributed by atoms with van der Waals surface area (Å²) in [6.45, 7) is 13.4. The Bertz CT molecular complexity index is 362. The molecule has 0 unspecified atom stereocenters. The van der Waals surface area contributed by atoms with Gasteiger partial charge in [-0.2, -0.15) is 0 Å². The molecule has 0 radical (unpaired) electrons. The molecular formula is C31H64O7. The molecule has 0 aromatic carbocycles. The second kappa shape index (κ2) is 36.7. The van der Waals surface area contributed by atoms with E-state index >= 15 is 0 Å².